The van der Waals surface area contributed by atoms with Crippen LogP contribution in [0.5, 0.6) is 0 Å². The van der Waals surface area contributed by atoms with Crippen LogP contribution in [0, 0.1) is 5.92 Å². The van der Waals surface area contributed by atoms with E-state index >= 15 is 0 Å². The van der Waals surface area contributed by atoms with Gasteiger partial charge in [0.25, 0.3) is 5.91 Å². The van der Waals surface area contributed by atoms with Crippen molar-refractivity contribution in [3.63, 3.8) is 0 Å². The van der Waals surface area contributed by atoms with Gasteiger partial charge in [-0.1, -0.05) is 35.5 Å². The van der Waals surface area contributed by atoms with E-state index in [0.717, 1.165) is 5.56 Å². The second-order valence-corrected chi connectivity index (χ2v) is 7.06. The fraction of sp³-hybridized carbons (Fsp3) is 0.474. The van der Waals surface area contributed by atoms with Crippen molar-refractivity contribution >= 4 is 11.8 Å². The number of benzene rings is 1. The molecule has 0 spiro atoms. The molecule has 1 aromatic heterocycles. The number of nitrogens with zero attached hydrogens (tertiary/aromatic N) is 5. The summed E-state index contributed by atoms with van der Waals surface area (Å²) in [6, 6.07) is 9.99. The van der Waals surface area contributed by atoms with Gasteiger partial charge in [0.05, 0.1) is 19.4 Å². The molecule has 0 radical (unpaired) electrons. The standard InChI is InChI=1S/C19H23N5O3/c25-18-10-16(12-23(18)11-15-4-2-1-3-5-15)13-24-14-17(20-21-24)19(26)22-6-8-27-9-7-22/h1-5,14,16H,6-13H2. The maximum absolute atomic E-state index is 12.4. The van der Waals surface area contributed by atoms with Gasteiger partial charge in [0, 0.05) is 45.1 Å². The van der Waals surface area contributed by atoms with Gasteiger partial charge in [-0.3, -0.25) is 14.3 Å². The Balaban J connectivity index is 1.34. The third-order valence-electron chi connectivity index (χ3n) is 5.01. The number of morpholine rings is 1. The van der Waals surface area contributed by atoms with Crippen LogP contribution in [0.1, 0.15) is 22.5 Å². The number of ether oxygens (including phenoxy) is 1. The summed E-state index contributed by atoms with van der Waals surface area (Å²) in [6.45, 7) is 4.19. The van der Waals surface area contributed by atoms with E-state index in [1.807, 2.05) is 35.2 Å². The highest BCUT2D eigenvalue weighted by Crippen LogP contribution is 2.21. The molecule has 2 aliphatic rings. The number of amides is 2. The minimum absolute atomic E-state index is 0.113. The van der Waals surface area contributed by atoms with E-state index in [0.29, 0.717) is 58.1 Å². The van der Waals surface area contributed by atoms with Gasteiger partial charge < -0.3 is 14.5 Å². The van der Waals surface area contributed by atoms with Crippen LogP contribution in [0.4, 0.5) is 0 Å². The fourth-order valence-electron chi connectivity index (χ4n) is 3.61. The van der Waals surface area contributed by atoms with E-state index in [9.17, 15) is 9.59 Å². The second-order valence-electron chi connectivity index (χ2n) is 7.06. The molecule has 3 heterocycles. The lowest BCUT2D eigenvalue weighted by Gasteiger charge is -2.25. The molecule has 142 valence electrons. The summed E-state index contributed by atoms with van der Waals surface area (Å²) in [4.78, 5) is 28.4. The first-order valence-corrected chi connectivity index (χ1v) is 9.28. The van der Waals surface area contributed by atoms with Crippen LogP contribution in [0.2, 0.25) is 0 Å². The van der Waals surface area contributed by atoms with Crippen LogP contribution in [0.25, 0.3) is 0 Å². The van der Waals surface area contributed by atoms with Crippen molar-refractivity contribution in [3.8, 4) is 0 Å². The highest BCUT2D eigenvalue weighted by molar-refractivity contribution is 5.92. The maximum atomic E-state index is 12.4. The van der Waals surface area contributed by atoms with Crippen LogP contribution < -0.4 is 0 Å². The lowest BCUT2D eigenvalue weighted by molar-refractivity contribution is -0.128. The molecule has 2 saturated heterocycles. The zero-order valence-corrected chi connectivity index (χ0v) is 15.2. The Morgan fingerprint density at radius 2 is 1.96 bits per heavy atom. The molecule has 2 amide bonds. The number of carbonyl (C=O) groups is 2. The van der Waals surface area contributed by atoms with Gasteiger partial charge in [-0.15, -0.1) is 5.10 Å². The van der Waals surface area contributed by atoms with E-state index < -0.39 is 0 Å². The topological polar surface area (TPSA) is 80.6 Å². The van der Waals surface area contributed by atoms with Gasteiger partial charge in [0.2, 0.25) is 5.91 Å². The van der Waals surface area contributed by atoms with Crippen molar-refractivity contribution < 1.29 is 14.3 Å². The predicted molar refractivity (Wildman–Crippen MR) is 96.7 cm³/mol. The Morgan fingerprint density at radius 1 is 1.19 bits per heavy atom. The average Bonchev–Trinajstić information content (AvgIpc) is 3.30. The fourth-order valence-corrected chi connectivity index (χ4v) is 3.61. The van der Waals surface area contributed by atoms with Crippen molar-refractivity contribution in [3.05, 3.63) is 47.8 Å². The van der Waals surface area contributed by atoms with Gasteiger partial charge in [-0.25, -0.2) is 0 Å². The van der Waals surface area contributed by atoms with E-state index in [1.54, 1.807) is 15.8 Å². The minimum Gasteiger partial charge on any atom is -0.378 e. The quantitative estimate of drug-likeness (QED) is 0.779. The summed E-state index contributed by atoms with van der Waals surface area (Å²) in [5.41, 5.74) is 1.48. The van der Waals surface area contributed by atoms with Crippen molar-refractivity contribution in [2.75, 3.05) is 32.8 Å². The third kappa shape index (κ3) is 4.16. The molecule has 0 N–H and O–H groups in total. The van der Waals surface area contributed by atoms with Crippen LogP contribution in [0.15, 0.2) is 36.5 Å². The van der Waals surface area contributed by atoms with E-state index in [2.05, 4.69) is 10.3 Å². The zero-order valence-electron chi connectivity index (χ0n) is 15.2. The van der Waals surface area contributed by atoms with E-state index in [4.69, 9.17) is 4.74 Å². The molecule has 2 fully saturated rings. The van der Waals surface area contributed by atoms with Crippen molar-refractivity contribution in [1.82, 2.24) is 24.8 Å². The normalized spacial score (nSPS) is 20.3. The summed E-state index contributed by atoms with van der Waals surface area (Å²) in [6.07, 6.45) is 2.18. The molecule has 0 bridgehead atoms. The molecular weight excluding hydrogens is 346 g/mol. The molecule has 8 nitrogen and oxygen atoms in total. The van der Waals surface area contributed by atoms with E-state index in [-0.39, 0.29) is 17.7 Å². The first kappa shape index (κ1) is 17.7. The predicted octanol–water partition coefficient (Wildman–Crippen LogP) is 0.799. The lowest BCUT2D eigenvalue weighted by atomic mass is 10.1. The highest BCUT2D eigenvalue weighted by Gasteiger charge is 2.30. The molecule has 1 unspecified atom stereocenters. The number of aromatic nitrogens is 3. The number of hydrogen-bond donors (Lipinski definition) is 0. The molecule has 8 heteroatoms. The monoisotopic (exact) mass is 369 g/mol. The Bertz CT molecular complexity index is 801. The number of likely N-dealkylation sites (tertiary alicyclic amines) is 1. The number of carbonyl (C=O) groups excluding carboxylic acids is 2. The largest absolute Gasteiger partial charge is 0.378 e. The molecule has 4 rings (SSSR count). The Kier molecular flexibility index (Phi) is 5.15. The summed E-state index contributed by atoms with van der Waals surface area (Å²) in [5, 5.41) is 8.11. The third-order valence-corrected chi connectivity index (χ3v) is 5.01. The molecule has 2 aromatic rings. The second kappa shape index (κ2) is 7.87. The smallest absolute Gasteiger partial charge is 0.276 e. The Hall–Kier alpha value is -2.74. The van der Waals surface area contributed by atoms with Gasteiger partial charge in [-0.05, 0) is 5.56 Å². The number of rotatable bonds is 5. The van der Waals surface area contributed by atoms with Crippen molar-refractivity contribution in [2.24, 2.45) is 5.92 Å². The SMILES string of the molecule is O=C1CC(Cn2cc(C(=O)N3CCOCC3)nn2)CN1Cc1ccccc1. The van der Waals surface area contributed by atoms with Crippen LogP contribution in [-0.4, -0.2) is 69.5 Å². The lowest BCUT2D eigenvalue weighted by Crippen LogP contribution is -2.40. The average molecular weight is 369 g/mol. The van der Waals surface area contributed by atoms with Crippen molar-refractivity contribution in [1.29, 1.82) is 0 Å². The van der Waals surface area contributed by atoms with Gasteiger partial charge >= 0.3 is 0 Å². The first-order chi connectivity index (χ1) is 13.2. The molecule has 0 saturated carbocycles. The van der Waals surface area contributed by atoms with Crippen LogP contribution >= 0.6 is 0 Å². The molecule has 1 aromatic carbocycles. The molecule has 27 heavy (non-hydrogen) atoms. The van der Waals surface area contributed by atoms with Gasteiger partial charge in [-0.2, -0.15) is 0 Å². The summed E-state index contributed by atoms with van der Waals surface area (Å²) in [5.74, 6) is 0.223. The van der Waals surface area contributed by atoms with E-state index in [1.165, 1.54) is 0 Å². The molecular formula is C19H23N5O3. The van der Waals surface area contributed by atoms with Crippen LogP contribution in [-0.2, 0) is 22.6 Å². The minimum atomic E-state index is -0.113. The molecule has 0 aliphatic carbocycles. The first-order valence-electron chi connectivity index (χ1n) is 9.28. The van der Waals surface area contributed by atoms with Gasteiger partial charge in [0.15, 0.2) is 5.69 Å². The van der Waals surface area contributed by atoms with Crippen molar-refractivity contribution in [2.45, 2.75) is 19.5 Å². The van der Waals surface area contributed by atoms with Crippen LogP contribution in [0.3, 0.4) is 0 Å². The summed E-state index contributed by atoms with van der Waals surface area (Å²) < 4.78 is 6.95. The zero-order chi connectivity index (χ0) is 18.6. The maximum Gasteiger partial charge on any atom is 0.276 e. The molecule has 2 aliphatic heterocycles. The summed E-state index contributed by atoms with van der Waals surface area (Å²) >= 11 is 0. The molecule has 1 atom stereocenters. The Morgan fingerprint density at radius 3 is 2.74 bits per heavy atom. The Labute approximate surface area is 157 Å². The summed E-state index contributed by atoms with van der Waals surface area (Å²) in [7, 11) is 0. The van der Waals surface area contributed by atoms with Gasteiger partial charge in [0.1, 0.15) is 0 Å². The highest BCUT2D eigenvalue weighted by atomic mass is 16.5. The number of hydrogen-bond acceptors (Lipinski definition) is 5.